The number of ether oxygens (including phenoxy) is 2. The van der Waals surface area contributed by atoms with Gasteiger partial charge in [-0.3, -0.25) is 0 Å². The molecule has 6 nitrogen and oxygen atoms in total. The number of aryl methyl sites for hydroxylation is 1. The molecule has 0 bridgehead atoms. The molecule has 0 saturated carbocycles. The summed E-state index contributed by atoms with van der Waals surface area (Å²) in [4.78, 5) is 4.49. The number of nitrogens with zero attached hydrogens (tertiary/aromatic N) is 2. The Bertz CT molecular complexity index is 889. The van der Waals surface area contributed by atoms with E-state index in [1.54, 1.807) is 0 Å². The van der Waals surface area contributed by atoms with Crippen molar-refractivity contribution in [3.05, 3.63) is 47.5 Å². The maximum Gasteiger partial charge on any atom is 0.258 e. The number of aliphatic hydroxyl groups excluding tert-OH is 1. The van der Waals surface area contributed by atoms with Crippen LogP contribution in [0.3, 0.4) is 0 Å². The second kappa shape index (κ2) is 8.01. The predicted octanol–water partition coefficient (Wildman–Crippen LogP) is 4.00. The van der Waals surface area contributed by atoms with Crippen molar-refractivity contribution in [3.8, 4) is 34.3 Å². The standard InChI is InChI=1S/C20H22N2O4/c1-4-24-17-9-8-15(11-18(17)25-5-2)20-21-19(22-26-20)14-6-7-16(12-23)13(3)10-14/h6-11,23H,4-5,12H2,1-3H3. The number of aromatic nitrogens is 2. The highest BCUT2D eigenvalue weighted by atomic mass is 16.5. The molecule has 0 saturated heterocycles. The fraction of sp³-hybridized carbons (Fsp3) is 0.300. The fourth-order valence-corrected chi connectivity index (χ4v) is 2.65. The molecule has 6 heteroatoms. The number of aliphatic hydroxyl groups is 1. The summed E-state index contributed by atoms with van der Waals surface area (Å²) in [5, 5.41) is 13.4. The van der Waals surface area contributed by atoms with Crippen LogP contribution >= 0.6 is 0 Å². The Morgan fingerprint density at radius 3 is 2.38 bits per heavy atom. The monoisotopic (exact) mass is 354 g/mol. The Morgan fingerprint density at radius 1 is 0.962 bits per heavy atom. The van der Waals surface area contributed by atoms with Gasteiger partial charge in [-0.15, -0.1) is 0 Å². The van der Waals surface area contributed by atoms with Crippen molar-refractivity contribution in [2.75, 3.05) is 13.2 Å². The zero-order chi connectivity index (χ0) is 18.5. The van der Waals surface area contributed by atoms with Crippen LogP contribution in [0.2, 0.25) is 0 Å². The number of benzene rings is 2. The summed E-state index contributed by atoms with van der Waals surface area (Å²) >= 11 is 0. The van der Waals surface area contributed by atoms with Crippen LogP contribution in [0.15, 0.2) is 40.9 Å². The Hall–Kier alpha value is -2.86. The lowest BCUT2D eigenvalue weighted by Crippen LogP contribution is -1.98. The van der Waals surface area contributed by atoms with Gasteiger partial charge in [0.1, 0.15) is 0 Å². The summed E-state index contributed by atoms with van der Waals surface area (Å²) < 4.78 is 16.7. The molecule has 3 aromatic rings. The van der Waals surface area contributed by atoms with Gasteiger partial charge in [0.15, 0.2) is 11.5 Å². The third kappa shape index (κ3) is 3.70. The highest BCUT2D eigenvalue weighted by Crippen LogP contribution is 2.33. The predicted molar refractivity (Wildman–Crippen MR) is 98.2 cm³/mol. The lowest BCUT2D eigenvalue weighted by atomic mass is 10.1. The molecule has 0 amide bonds. The first-order chi connectivity index (χ1) is 12.7. The number of rotatable bonds is 7. The summed E-state index contributed by atoms with van der Waals surface area (Å²) in [6, 6.07) is 11.2. The molecule has 0 aliphatic rings. The van der Waals surface area contributed by atoms with Gasteiger partial charge < -0.3 is 19.1 Å². The van der Waals surface area contributed by atoms with Crippen LogP contribution < -0.4 is 9.47 Å². The van der Waals surface area contributed by atoms with Gasteiger partial charge in [-0.2, -0.15) is 4.98 Å². The smallest absolute Gasteiger partial charge is 0.258 e. The van der Waals surface area contributed by atoms with Gasteiger partial charge in [0.05, 0.1) is 19.8 Å². The van der Waals surface area contributed by atoms with Crippen molar-refractivity contribution in [1.29, 1.82) is 0 Å². The van der Waals surface area contributed by atoms with Crippen LogP contribution in [0, 0.1) is 6.92 Å². The van der Waals surface area contributed by atoms with Crippen LogP contribution in [0.5, 0.6) is 11.5 Å². The highest BCUT2D eigenvalue weighted by Gasteiger charge is 2.14. The van der Waals surface area contributed by atoms with Gasteiger partial charge in [-0.25, -0.2) is 0 Å². The molecule has 1 heterocycles. The first kappa shape index (κ1) is 17.9. The summed E-state index contributed by atoms with van der Waals surface area (Å²) in [6.45, 7) is 6.90. The van der Waals surface area contributed by atoms with Gasteiger partial charge in [0, 0.05) is 11.1 Å². The molecule has 0 fully saturated rings. The molecule has 0 spiro atoms. The van der Waals surface area contributed by atoms with Crippen molar-refractivity contribution in [2.45, 2.75) is 27.4 Å². The first-order valence-corrected chi connectivity index (χ1v) is 8.60. The third-order valence-electron chi connectivity index (χ3n) is 3.99. The van der Waals surface area contributed by atoms with Crippen LogP contribution in [0.4, 0.5) is 0 Å². The Morgan fingerprint density at radius 2 is 1.69 bits per heavy atom. The Labute approximate surface area is 152 Å². The average Bonchev–Trinajstić information content (AvgIpc) is 3.13. The van der Waals surface area contributed by atoms with E-state index < -0.39 is 0 Å². The third-order valence-corrected chi connectivity index (χ3v) is 3.99. The zero-order valence-corrected chi connectivity index (χ0v) is 15.2. The fourth-order valence-electron chi connectivity index (χ4n) is 2.65. The zero-order valence-electron chi connectivity index (χ0n) is 15.2. The van der Waals surface area contributed by atoms with Crippen LogP contribution in [0.25, 0.3) is 22.8 Å². The van der Waals surface area contributed by atoms with Gasteiger partial charge in [0.2, 0.25) is 5.82 Å². The second-order valence-electron chi connectivity index (χ2n) is 5.75. The Kier molecular flexibility index (Phi) is 5.53. The van der Waals surface area contributed by atoms with Gasteiger partial charge in [-0.1, -0.05) is 17.3 Å². The average molecular weight is 354 g/mol. The van der Waals surface area contributed by atoms with Crippen molar-refractivity contribution in [2.24, 2.45) is 0 Å². The summed E-state index contributed by atoms with van der Waals surface area (Å²) in [7, 11) is 0. The number of hydrogen-bond donors (Lipinski definition) is 1. The first-order valence-electron chi connectivity index (χ1n) is 8.60. The van der Waals surface area contributed by atoms with E-state index in [4.69, 9.17) is 14.0 Å². The normalized spacial score (nSPS) is 10.8. The summed E-state index contributed by atoms with van der Waals surface area (Å²) in [5.41, 5.74) is 3.46. The van der Waals surface area contributed by atoms with E-state index >= 15 is 0 Å². The van der Waals surface area contributed by atoms with Crippen LogP contribution in [0.1, 0.15) is 25.0 Å². The molecule has 3 rings (SSSR count). The maximum absolute atomic E-state index is 9.29. The molecule has 0 radical (unpaired) electrons. The van der Waals surface area contributed by atoms with Crippen molar-refractivity contribution in [3.63, 3.8) is 0 Å². The molecule has 0 aliphatic carbocycles. The SMILES string of the molecule is CCOc1ccc(-c2nc(-c3ccc(CO)c(C)c3)no2)cc1OCC. The molecule has 2 aromatic carbocycles. The maximum atomic E-state index is 9.29. The molecule has 26 heavy (non-hydrogen) atoms. The van der Waals surface area contributed by atoms with E-state index in [0.29, 0.717) is 36.4 Å². The van der Waals surface area contributed by atoms with E-state index in [-0.39, 0.29) is 6.61 Å². The minimum atomic E-state index is 0.00991. The van der Waals surface area contributed by atoms with Gasteiger partial charge >= 0.3 is 0 Å². The minimum absolute atomic E-state index is 0.00991. The molecular formula is C20H22N2O4. The van der Waals surface area contributed by atoms with E-state index in [1.165, 1.54) is 0 Å². The molecule has 136 valence electrons. The van der Waals surface area contributed by atoms with Crippen molar-refractivity contribution >= 4 is 0 Å². The largest absolute Gasteiger partial charge is 0.490 e. The van der Waals surface area contributed by atoms with Crippen molar-refractivity contribution in [1.82, 2.24) is 10.1 Å². The van der Waals surface area contributed by atoms with Gasteiger partial charge in [-0.05, 0) is 56.2 Å². The molecule has 1 N–H and O–H groups in total. The van der Waals surface area contributed by atoms with Gasteiger partial charge in [0.25, 0.3) is 5.89 Å². The lowest BCUT2D eigenvalue weighted by Gasteiger charge is -2.11. The highest BCUT2D eigenvalue weighted by molar-refractivity contribution is 5.63. The number of hydrogen-bond acceptors (Lipinski definition) is 6. The van der Waals surface area contributed by atoms with Crippen molar-refractivity contribution < 1.29 is 19.1 Å². The minimum Gasteiger partial charge on any atom is -0.490 e. The molecular weight excluding hydrogens is 332 g/mol. The topological polar surface area (TPSA) is 77.6 Å². The summed E-state index contributed by atoms with van der Waals surface area (Å²) in [6.07, 6.45) is 0. The lowest BCUT2D eigenvalue weighted by molar-refractivity contribution is 0.281. The second-order valence-corrected chi connectivity index (χ2v) is 5.75. The van der Waals surface area contributed by atoms with E-state index in [2.05, 4.69) is 10.1 Å². The Balaban J connectivity index is 1.92. The quantitative estimate of drug-likeness (QED) is 0.691. The van der Waals surface area contributed by atoms with E-state index in [0.717, 1.165) is 22.3 Å². The van der Waals surface area contributed by atoms with E-state index in [9.17, 15) is 5.11 Å². The summed E-state index contributed by atoms with van der Waals surface area (Å²) in [5.74, 6) is 2.25. The van der Waals surface area contributed by atoms with Crippen LogP contribution in [-0.4, -0.2) is 28.5 Å². The van der Waals surface area contributed by atoms with Crippen LogP contribution in [-0.2, 0) is 6.61 Å². The molecule has 0 aliphatic heterocycles. The molecule has 1 aromatic heterocycles. The molecule has 0 unspecified atom stereocenters. The molecule has 0 atom stereocenters. The van der Waals surface area contributed by atoms with E-state index in [1.807, 2.05) is 57.2 Å².